The second-order valence-corrected chi connectivity index (χ2v) is 16.3. The smallest absolute Gasteiger partial charge is 0.355 e. The first-order valence-electron chi connectivity index (χ1n) is 18.5. The number of benzene rings is 3. The molecule has 0 saturated heterocycles. The van der Waals surface area contributed by atoms with Crippen LogP contribution in [0.4, 0.5) is 10.9 Å². The van der Waals surface area contributed by atoms with E-state index in [1.807, 2.05) is 67.6 Å². The lowest BCUT2D eigenvalue weighted by molar-refractivity contribution is -0.108. The molecular weight excluding hydrogens is 685 g/mol. The number of nitrogens with one attached hydrogen (secondary N) is 1. The number of ether oxygens (including phenoxy) is 1. The van der Waals surface area contributed by atoms with Gasteiger partial charge in [0.05, 0.1) is 16.3 Å². The van der Waals surface area contributed by atoms with Gasteiger partial charge in [-0.05, 0) is 115 Å². The normalized spacial score (nSPS) is 17.3. The summed E-state index contributed by atoms with van der Waals surface area (Å²) in [5.74, 6) is 0.560. The van der Waals surface area contributed by atoms with Crippen molar-refractivity contribution in [1.29, 1.82) is 0 Å². The third kappa shape index (κ3) is 7.69. The van der Waals surface area contributed by atoms with E-state index in [-0.39, 0.29) is 17.7 Å². The molecule has 1 amide bonds. The first-order valence-corrected chi connectivity index (χ1v) is 19.3. The van der Waals surface area contributed by atoms with Crippen molar-refractivity contribution in [1.82, 2.24) is 9.97 Å². The summed E-state index contributed by atoms with van der Waals surface area (Å²) < 4.78 is 7.58. The molecule has 5 aromatic rings. The van der Waals surface area contributed by atoms with E-state index >= 15 is 0 Å². The van der Waals surface area contributed by atoms with Crippen LogP contribution in [0.25, 0.3) is 21.3 Å². The molecule has 3 heterocycles. The third-order valence-electron chi connectivity index (χ3n) is 10.7. The van der Waals surface area contributed by atoms with Crippen LogP contribution in [0.3, 0.4) is 0 Å². The number of fused-ring (bicyclic) bond motifs is 2. The van der Waals surface area contributed by atoms with Crippen LogP contribution in [0.1, 0.15) is 102 Å². The quantitative estimate of drug-likeness (QED) is 0.136. The number of carboxylic acid groups (broad SMARTS) is 1. The molecule has 2 aromatic heterocycles. The lowest BCUT2D eigenvalue weighted by Gasteiger charge is -2.33. The monoisotopic (exact) mass is 730 g/mol. The Hall–Kier alpha value is -5.09. The topological polar surface area (TPSA) is 122 Å². The maximum atomic E-state index is 13.7. The van der Waals surface area contributed by atoms with Crippen LogP contribution in [0.2, 0.25) is 0 Å². The van der Waals surface area contributed by atoms with Crippen LogP contribution in [0, 0.1) is 12.8 Å². The maximum Gasteiger partial charge on any atom is 0.355 e. The molecular formula is C43H46N4O5S. The fourth-order valence-electron chi connectivity index (χ4n) is 7.83. The van der Waals surface area contributed by atoms with Gasteiger partial charge in [-0.3, -0.25) is 10.1 Å². The number of aromatic nitrogens is 2. The van der Waals surface area contributed by atoms with E-state index in [0.717, 1.165) is 82.2 Å². The van der Waals surface area contributed by atoms with Gasteiger partial charge in [0.2, 0.25) is 0 Å². The van der Waals surface area contributed by atoms with E-state index < -0.39 is 11.4 Å². The highest BCUT2D eigenvalue weighted by Crippen LogP contribution is 2.42. The Labute approximate surface area is 314 Å². The molecule has 10 heteroatoms. The van der Waals surface area contributed by atoms with Crippen molar-refractivity contribution in [2.24, 2.45) is 5.92 Å². The Kier molecular flexibility index (Phi) is 10.3. The Bertz CT molecular complexity index is 2150. The van der Waals surface area contributed by atoms with Crippen LogP contribution in [0.15, 0.2) is 66.7 Å². The molecule has 1 aliphatic carbocycles. The van der Waals surface area contributed by atoms with Gasteiger partial charge in [-0.2, -0.15) is 0 Å². The van der Waals surface area contributed by atoms with Gasteiger partial charge in [0.15, 0.2) is 10.8 Å². The first-order chi connectivity index (χ1) is 25.5. The predicted octanol–water partition coefficient (Wildman–Crippen LogP) is 9.39. The van der Waals surface area contributed by atoms with Gasteiger partial charge in [0.25, 0.3) is 5.91 Å². The zero-order valence-electron chi connectivity index (χ0n) is 30.8. The van der Waals surface area contributed by atoms with E-state index in [9.17, 15) is 19.5 Å². The number of hydrogen-bond acceptors (Lipinski definition) is 8. The number of amides is 1. The van der Waals surface area contributed by atoms with E-state index in [1.54, 1.807) is 0 Å². The van der Waals surface area contributed by atoms with E-state index in [0.29, 0.717) is 53.9 Å². The van der Waals surface area contributed by atoms with Gasteiger partial charge < -0.3 is 19.5 Å². The number of rotatable bonds is 10. The summed E-state index contributed by atoms with van der Waals surface area (Å²) in [6.07, 6.45) is 7.26. The third-order valence-corrected chi connectivity index (χ3v) is 11.7. The average Bonchev–Trinajstić information content (AvgIpc) is 3.56. The van der Waals surface area contributed by atoms with E-state index in [2.05, 4.69) is 42.0 Å². The molecule has 274 valence electrons. The minimum atomic E-state index is -1.10. The molecule has 53 heavy (non-hydrogen) atoms. The average molecular weight is 731 g/mol. The van der Waals surface area contributed by atoms with Crippen molar-refractivity contribution < 1.29 is 24.2 Å². The molecule has 1 saturated carbocycles. The highest BCUT2D eigenvalue weighted by molar-refractivity contribution is 7.22. The number of anilines is 2. The Morgan fingerprint density at radius 3 is 2.53 bits per heavy atom. The minimum Gasteiger partial charge on any atom is -0.490 e. The van der Waals surface area contributed by atoms with Gasteiger partial charge in [0.1, 0.15) is 17.9 Å². The number of aldehydes is 1. The second kappa shape index (κ2) is 15.1. The molecule has 2 aliphatic rings. The van der Waals surface area contributed by atoms with Crippen LogP contribution in [-0.4, -0.2) is 45.9 Å². The molecule has 1 aliphatic heterocycles. The van der Waals surface area contributed by atoms with Crippen molar-refractivity contribution in [3.8, 4) is 16.9 Å². The number of carboxylic acids is 1. The summed E-state index contributed by atoms with van der Waals surface area (Å²) in [7, 11) is 0. The Morgan fingerprint density at radius 2 is 1.79 bits per heavy atom. The molecule has 9 nitrogen and oxygen atoms in total. The van der Waals surface area contributed by atoms with Gasteiger partial charge in [-0.25, -0.2) is 14.8 Å². The SMILES string of the molecule is Cc1c(OC2CCC(CCC=O)CC2)cccc1-c1c(C(C)(C)C)cc(N2CCc3cccc(C(=O)Nc4nc5ccccc5s4)c3C2)nc1C(=O)O. The number of aromatic carboxylic acids is 1. The highest BCUT2D eigenvalue weighted by atomic mass is 32.1. The van der Waals surface area contributed by atoms with E-state index in [4.69, 9.17) is 9.72 Å². The molecule has 2 N–H and O–H groups in total. The van der Waals surface area contributed by atoms with Crippen molar-refractivity contribution in [2.75, 3.05) is 16.8 Å². The molecule has 0 bridgehead atoms. The largest absolute Gasteiger partial charge is 0.490 e. The van der Waals surface area contributed by atoms with Crippen molar-refractivity contribution in [3.63, 3.8) is 0 Å². The summed E-state index contributed by atoms with van der Waals surface area (Å²) in [5.41, 5.74) is 6.13. The van der Waals surface area contributed by atoms with Gasteiger partial charge in [0, 0.05) is 30.6 Å². The second-order valence-electron chi connectivity index (χ2n) is 15.3. The van der Waals surface area contributed by atoms with Crippen LogP contribution < -0.4 is 15.0 Å². The minimum absolute atomic E-state index is 0.00368. The summed E-state index contributed by atoms with van der Waals surface area (Å²) in [6, 6.07) is 21.5. The van der Waals surface area contributed by atoms with Crippen LogP contribution in [0.5, 0.6) is 5.75 Å². The summed E-state index contributed by atoms with van der Waals surface area (Å²) in [5, 5.41) is 14.3. The van der Waals surface area contributed by atoms with Crippen molar-refractivity contribution in [3.05, 3.63) is 100 Å². The zero-order valence-corrected chi connectivity index (χ0v) is 31.6. The lowest BCUT2D eigenvalue weighted by atomic mass is 9.80. The number of nitrogens with zero attached hydrogens (tertiary/aromatic N) is 3. The van der Waals surface area contributed by atoms with Crippen molar-refractivity contribution in [2.45, 2.75) is 90.7 Å². The standard InChI is InChI=1S/C43H46N4O5S/c1-26-30(12-8-15-35(26)52-29-19-17-27(18-20-29)10-9-23-48)38-33(43(2,3)4)24-37(45-39(38)41(50)51)47-22-21-28-11-7-13-31(32(28)25-47)40(49)46-42-44-34-14-5-6-16-36(34)53-42/h5-8,11-16,23-24,27,29H,9-10,17-22,25H2,1-4H3,(H,50,51)(H,44,46,49). The van der Waals surface area contributed by atoms with Gasteiger partial charge >= 0.3 is 5.97 Å². The van der Waals surface area contributed by atoms with Gasteiger partial charge in [-0.15, -0.1) is 0 Å². The molecule has 1 fully saturated rings. The van der Waals surface area contributed by atoms with Crippen LogP contribution >= 0.6 is 11.3 Å². The summed E-state index contributed by atoms with van der Waals surface area (Å²) in [6.45, 7) is 9.31. The molecule has 0 radical (unpaired) electrons. The number of pyridine rings is 1. The number of carbonyl (C=O) groups is 3. The zero-order chi connectivity index (χ0) is 37.3. The predicted molar refractivity (Wildman–Crippen MR) is 211 cm³/mol. The molecule has 7 rings (SSSR count). The molecule has 0 unspecified atom stereocenters. The fourth-order valence-corrected chi connectivity index (χ4v) is 8.69. The maximum absolute atomic E-state index is 13.7. The lowest BCUT2D eigenvalue weighted by Crippen LogP contribution is -2.33. The number of thiazole rings is 1. The fraction of sp³-hybridized carbons (Fsp3) is 0.372. The molecule has 3 aromatic carbocycles. The Balaban J connectivity index is 1.19. The number of hydrogen-bond donors (Lipinski definition) is 2. The van der Waals surface area contributed by atoms with Gasteiger partial charge in [-0.1, -0.05) is 68.5 Å². The number of carbonyl (C=O) groups excluding carboxylic acids is 2. The highest BCUT2D eigenvalue weighted by Gasteiger charge is 2.31. The van der Waals surface area contributed by atoms with Crippen LogP contribution in [-0.2, 0) is 23.2 Å². The Morgan fingerprint density at radius 1 is 1.02 bits per heavy atom. The first kappa shape index (κ1) is 36.3. The molecule has 0 spiro atoms. The molecule has 0 atom stereocenters. The van der Waals surface area contributed by atoms with E-state index in [1.165, 1.54) is 11.3 Å². The summed E-state index contributed by atoms with van der Waals surface area (Å²) in [4.78, 5) is 49.2. The summed E-state index contributed by atoms with van der Waals surface area (Å²) >= 11 is 1.44. The number of para-hydroxylation sites is 1. The van der Waals surface area contributed by atoms with Crippen molar-refractivity contribution >= 4 is 50.7 Å².